The molecule has 0 saturated heterocycles. The number of aromatic nitrogens is 2. The van der Waals surface area contributed by atoms with Crippen molar-refractivity contribution in [2.45, 2.75) is 17.8 Å². The molecule has 0 spiro atoms. The smallest absolute Gasteiger partial charge is 0.337 e. The summed E-state index contributed by atoms with van der Waals surface area (Å²) >= 11 is 5.02. The van der Waals surface area contributed by atoms with Crippen LogP contribution in [0.15, 0.2) is 40.1 Å². The molecular weight excluding hydrogens is 340 g/mol. The third-order valence-electron chi connectivity index (χ3n) is 2.60. The first-order valence-electron chi connectivity index (χ1n) is 5.89. The summed E-state index contributed by atoms with van der Waals surface area (Å²) in [5, 5.41) is 0.744. The Labute approximate surface area is 130 Å². The minimum absolute atomic E-state index is 0.341. The van der Waals surface area contributed by atoms with Crippen LogP contribution in [0.4, 0.5) is 0 Å². The van der Waals surface area contributed by atoms with Crippen molar-refractivity contribution >= 4 is 33.7 Å². The summed E-state index contributed by atoms with van der Waals surface area (Å²) in [5.74, 6) is 0.387. The van der Waals surface area contributed by atoms with E-state index in [1.807, 2.05) is 19.1 Å². The van der Waals surface area contributed by atoms with E-state index in [0.717, 1.165) is 26.6 Å². The van der Waals surface area contributed by atoms with Crippen LogP contribution in [-0.2, 0) is 10.5 Å². The highest BCUT2D eigenvalue weighted by atomic mass is 79.9. The lowest BCUT2D eigenvalue weighted by Crippen LogP contribution is -2.01. The number of carbonyl (C=O) groups excluding carboxylic acids is 1. The lowest BCUT2D eigenvalue weighted by Gasteiger charge is -2.06. The van der Waals surface area contributed by atoms with E-state index in [9.17, 15) is 4.79 Å². The molecule has 0 aliphatic rings. The Hall–Kier alpha value is -1.40. The topological polar surface area (TPSA) is 52.1 Å². The zero-order valence-electron chi connectivity index (χ0n) is 11.1. The molecule has 0 bridgehead atoms. The highest BCUT2D eigenvalue weighted by molar-refractivity contribution is 9.10. The molecular formula is C14H13BrN2O2S. The maximum Gasteiger partial charge on any atom is 0.337 e. The molecule has 20 heavy (non-hydrogen) atoms. The number of esters is 1. The first-order chi connectivity index (χ1) is 9.60. The molecule has 0 aliphatic carbocycles. The summed E-state index contributed by atoms with van der Waals surface area (Å²) in [6.07, 6.45) is 1.75. The number of rotatable bonds is 4. The van der Waals surface area contributed by atoms with Gasteiger partial charge in [0.1, 0.15) is 0 Å². The molecule has 104 valence electrons. The van der Waals surface area contributed by atoms with E-state index >= 15 is 0 Å². The van der Waals surface area contributed by atoms with Gasteiger partial charge in [0.05, 0.1) is 12.7 Å². The number of aryl methyl sites for hydroxylation is 1. The van der Waals surface area contributed by atoms with Crippen LogP contribution in [0.1, 0.15) is 21.6 Å². The highest BCUT2D eigenvalue weighted by Gasteiger charge is 2.09. The van der Waals surface area contributed by atoms with Gasteiger partial charge in [-0.25, -0.2) is 14.8 Å². The summed E-state index contributed by atoms with van der Waals surface area (Å²) in [4.78, 5) is 20.0. The second-order valence-corrected chi connectivity index (χ2v) is 5.86. The summed E-state index contributed by atoms with van der Waals surface area (Å²) in [5.41, 5.74) is 2.55. The van der Waals surface area contributed by atoms with Crippen LogP contribution in [0.2, 0.25) is 0 Å². The molecule has 1 aromatic carbocycles. The lowest BCUT2D eigenvalue weighted by atomic mass is 10.1. The largest absolute Gasteiger partial charge is 0.465 e. The van der Waals surface area contributed by atoms with Crippen molar-refractivity contribution in [3.63, 3.8) is 0 Å². The van der Waals surface area contributed by atoms with Gasteiger partial charge in [-0.05, 0) is 30.7 Å². The van der Waals surface area contributed by atoms with Crippen molar-refractivity contribution in [1.29, 1.82) is 0 Å². The Kier molecular flexibility index (Phi) is 5.14. The molecule has 2 rings (SSSR count). The predicted octanol–water partition coefficient (Wildman–Crippen LogP) is 3.63. The lowest BCUT2D eigenvalue weighted by molar-refractivity contribution is 0.0600. The molecule has 0 N–H and O–H groups in total. The fourth-order valence-electron chi connectivity index (χ4n) is 1.55. The normalized spacial score (nSPS) is 10.3. The Morgan fingerprint density at radius 1 is 1.40 bits per heavy atom. The van der Waals surface area contributed by atoms with Crippen LogP contribution in [0.3, 0.4) is 0 Å². The van der Waals surface area contributed by atoms with E-state index in [0.29, 0.717) is 5.56 Å². The highest BCUT2D eigenvalue weighted by Crippen LogP contribution is 2.26. The summed E-state index contributed by atoms with van der Waals surface area (Å²) in [6, 6.07) is 7.28. The van der Waals surface area contributed by atoms with Gasteiger partial charge in [0, 0.05) is 22.1 Å². The third kappa shape index (κ3) is 3.80. The van der Waals surface area contributed by atoms with Crippen LogP contribution in [0.25, 0.3) is 0 Å². The number of methoxy groups -OCH3 is 1. The van der Waals surface area contributed by atoms with Crippen molar-refractivity contribution in [2.75, 3.05) is 7.11 Å². The average Bonchev–Trinajstić information content (AvgIpc) is 2.45. The van der Waals surface area contributed by atoms with E-state index in [2.05, 4.69) is 30.6 Å². The molecule has 1 aromatic heterocycles. The molecule has 0 unspecified atom stereocenters. The fraction of sp³-hybridized carbons (Fsp3) is 0.214. The van der Waals surface area contributed by atoms with E-state index < -0.39 is 0 Å². The van der Waals surface area contributed by atoms with Crippen LogP contribution in [-0.4, -0.2) is 23.0 Å². The first kappa shape index (κ1) is 15.0. The molecule has 0 fully saturated rings. The number of thioether (sulfide) groups is 1. The summed E-state index contributed by atoms with van der Waals surface area (Å²) in [6.45, 7) is 1.94. The van der Waals surface area contributed by atoms with E-state index in [1.54, 1.807) is 30.1 Å². The van der Waals surface area contributed by atoms with Gasteiger partial charge in [0.2, 0.25) is 0 Å². The second-order valence-electron chi connectivity index (χ2n) is 4.07. The molecule has 0 atom stereocenters. The SMILES string of the molecule is COC(=O)c1ccc(CSc2nccc(C)n2)c(Br)c1. The standard InChI is InChI=1S/C14H13BrN2O2S/c1-9-5-6-16-14(17-9)20-8-11-4-3-10(7-12(11)15)13(18)19-2/h3-7H,8H2,1-2H3. The molecule has 0 saturated carbocycles. The van der Waals surface area contributed by atoms with Crippen molar-refractivity contribution < 1.29 is 9.53 Å². The number of nitrogens with zero attached hydrogens (tertiary/aromatic N) is 2. The molecule has 1 heterocycles. The maximum absolute atomic E-state index is 11.4. The average molecular weight is 353 g/mol. The van der Waals surface area contributed by atoms with Gasteiger partial charge in [-0.1, -0.05) is 33.8 Å². The van der Waals surface area contributed by atoms with Gasteiger partial charge < -0.3 is 4.74 Å². The molecule has 4 nitrogen and oxygen atoms in total. The zero-order chi connectivity index (χ0) is 14.5. The monoisotopic (exact) mass is 352 g/mol. The molecule has 2 aromatic rings. The van der Waals surface area contributed by atoms with Gasteiger partial charge in [-0.15, -0.1) is 0 Å². The second kappa shape index (κ2) is 6.85. The summed E-state index contributed by atoms with van der Waals surface area (Å²) in [7, 11) is 1.37. The predicted molar refractivity (Wildman–Crippen MR) is 81.8 cm³/mol. The van der Waals surface area contributed by atoms with Crippen LogP contribution >= 0.6 is 27.7 Å². The van der Waals surface area contributed by atoms with Crippen LogP contribution < -0.4 is 0 Å². The number of hydrogen-bond donors (Lipinski definition) is 0. The van der Waals surface area contributed by atoms with Crippen molar-refractivity contribution in [3.05, 3.63) is 51.8 Å². The number of halogens is 1. The molecule has 6 heteroatoms. The molecule has 0 aliphatic heterocycles. The Balaban J connectivity index is 2.08. The van der Waals surface area contributed by atoms with Crippen molar-refractivity contribution in [2.24, 2.45) is 0 Å². The van der Waals surface area contributed by atoms with E-state index in [-0.39, 0.29) is 5.97 Å². The van der Waals surface area contributed by atoms with E-state index in [4.69, 9.17) is 0 Å². The van der Waals surface area contributed by atoms with Gasteiger partial charge in [0.25, 0.3) is 0 Å². The minimum Gasteiger partial charge on any atom is -0.465 e. The summed E-state index contributed by atoms with van der Waals surface area (Å²) < 4.78 is 5.56. The van der Waals surface area contributed by atoms with Crippen molar-refractivity contribution in [3.8, 4) is 0 Å². The number of carbonyl (C=O) groups is 1. The number of ether oxygens (including phenoxy) is 1. The first-order valence-corrected chi connectivity index (χ1v) is 7.67. The Bertz CT molecular complexity index is 634. The quantitative estimate of drug-likeness (QED) is 0.477. The number of hydrogen-bond acceptors (Lipinski definition) is 5. The van der Waals surface area contributed by atoms with Crippen LogP contribution in [0, 0.1) is 6.92 Å². The molecule has 0 radical (unpaired) electrons. The minimum atomic E-state index is -0.341. The van der Waals surface area contributed by atoms with Gasteiger partial charge in [0.15, 0.2) is 5.16 Å². The molecule has 0 amide bonds. The maximum atomic E-state index is 11.4. The Morgan fingerprint density at radius 2 is 2.20 bits per heavy atom. The van der Waals surface area contributed by atoms with Crippen molar-refractivity contribution in [1.82, 2.24) is 9.97 Å². The number of benzene rings is 1. The van der Waals surface area contributed by atoms with Crippen LogP contribution in [0.5, 0.6) is 0 Å². The van der Waals surface area contributed by atoms with E-state index in [1.165, 1.54) is 7.11 Å². The third-order valence-corrected chi connectivity index (χ3v) is 4.25. The zero-order valence-corrected chi connectivity index (χ0v) is 13.5. The van der Waals surface area contributed by atoms with Gasteiger partial charge >= 0.3 is 5.97 Å². The van der Waals surface area contributed by atoms with Gasteiger partial charge in [-0.2, -0.15) is 0 Å². The fourth-order valence-corrected chi connectivity index (χ4v) is 3.13. The van der Waals surface area contributed by atoms with Gasteiger partial charge in [-0.3, -0.25) is 0 Å². The Morgan fingerprint density at radius 3 is 2.85 bits per heavy atom.